The Morgan fingerprint density at radius 1 is 1.03 bits per heavy atom. The fraction of sp³-hybridized carbons (Fsp3) is 0.0870. The second kappa shape index (κ2) is 9.56. The fourth-order valence-electron chi connectivity index (χ4n) is 2.58. The molecule has 0 radical (unpaired) electrons. The second-order valence-electron chi connectivity index (χ2n) is 6.63. The SMILES string of the molecule is CC(=O)Nc1cccc(S(C)(=O)=NC(=O)c2cncc(C#Cc3ccc(Cl)cc3)c2)c1. The van der Waals surface area contributed by atoms with Crippen molar-refractivity contribution in [3.63, 3.8) is 0 Å². The number of rotatable bonds is 3. The second-order valence-corrected chi connectivity index (χ2v) is 9.32. The molecule has 1 atom stereocenters. The number of amides is 2. The van der Waals surface area contributed by atoms with Gasteiger partial charge in [-0.05, 0) is 48.5 Å². The van der Waals surface area contributed by atoms with E-state index in [-0.39, 0.29) is 11.5 Å². The van der Waals surface area contributed by atoms with Crippen LogP contribution >= 0.6 is 11.6 Å². The van der Waals surface area contributed by atoms with E-state index in [1.165, 1.54) is 31.6 Å². The minimum atomic E-state index is -3.04. The first-order valence-corrected chi connectivity index (χ1v) is 11.4. The standard InChI is InChI=1S/C23H18ClN3O3S/c1-16(28)26-21-4-3-5-22(13-21)31(2,30)27-23(29)19-12-18(14-25-15-19)7-6-17-8-10-20(24)11-9-17/h3-5,8-15H,1-2H3,(H,26,28). The highest BCUT2D eigenvalue weighted by Gasteiger charge is 2.13. The largest absolute Gasteiger partial charge is 0.326 e. The van der Waals surface area contributed by atoms with Crippen molar-refractivity contribution < 1.29 is 13.8 Å². The number of anilines is 1. The van der Waals surface area contributed by atoms with Gasteiger partial charge in [-0.1, -0.05) is 29.5 Å². The Morgan fingerprint density at radius 2 is 1.74 bits per heavy atom. The molecule has 0 saturated carbocycles. The van der Waals surface area contributed by atoms with Crippen molar-refractivity contribution in [3.8, 4) is 11.8 Å². The summed E-state index contributed by atoms with van der Waals surface area (Å²) >= 11 is 5.86. The zero-order chi connectivity index (χ0) is 22.4. The predicted octanol–water partition coefficient (Wildman–Crippen LogP) is 4.39. The first-order chi connectivity index (χ1) is 14.7. The van der Waals surface area contributed by atoms with E-state index >= 15 is 0 Å². The van der Waals surface area contributed by atoms with Gasteiger partial charge in [0.05, 0.1) is 15.3 Å². The van der Waals surface area contributed by atoms with Crippen LogP contribution in [0.5, 0.6) is 0 Å². The summed E-state index contributed by atoms with van der Waals surface area (Å²) in [4.78, 5) is 28.3. The molecule has 8 heteroatoms. The lowest BCUT2D eigenvalue weighted by Gasteiger charge is -2.07. The molecule has 1 aromatic heterocycles. The van der Waals surface area contributed by atoms with Crippen molar-refractivity contribution >= 4 is 38.8 Å². The molecule has 3 aromatic rings. The minimum Gasteiger partial charge on any atom is -0.326 e. The quantitative estimate of drug-likeness (QED) is 0.598. The average Bonchev–Trinajstić information content (AvgIpc) is 2.73. The van der Waals surface area contributed by atoms with Crippen LogP contribution in [-0.4, -0.2) is 27.3 Å². The monoisotopic (exact) mass is 451 g/mol. The number of hydrogen-bond donors (Lipinski definition) is 1. The number of hydrogen-bond acceptors (Lipinski definition) is 4. The molecule has 0 saturated heterocycles. The number of nitrogens with one attached hydrogen (secondary N) is 1. The lowest BCUT2D eigenvalue weighted by molar-refractivity contribution is -0.114. The fourth-order valence-corrected chi connectivity index (χ4v) is 3.91. The highest BCUT2D eigenvalue weighted by molar-refractivity contribution is 7.93. The maximum Gasteiger partial charge on any atom is 0.286 e. The molecule has 0 bridgehead atoms. The van der Waals surface area contributed by atoms with Crippen LogP contribution in [0.3, 0.4) is 0 Å². The van der Waals surface area contributed by atoms with Gasteiger partial charge in [-0.2, -0.15) is 4.36 Å². The first kappa shape index (κ1) is 22.2. The van der Waals surface area contributed by atoms with Crippen LogP contribution in [-0.2, 0) is 14.5 Å². The maximum absolute atomic E-state index is 13.1. The summed E-state index contributed by atoms with van der Waals surface area (Å²) in [6.45, 7) is 1.37. The van der Waals surface area contributed by atoms with Crippen molar-refractivity contribution in [2.24, 2.45) is 4.36 Å². The molecule has 0 aliphatic rings. The van der Waals surface area contributed by atoms with Gasteiger partial charge in [0.15, 0.2) is 0 Å². The minimum absolute atomic E-state index is 0.176. The Kier molecular flexibility index (Phi) is 6.85. The van der Waals surface area contributed by atoms with Crippen LogP contribution in [0.1, 0.15) is 28.4 Å². The van der Waals surface area contributed by atoms with Gasteiger partial charge in [0, 0.05) is 52.3 Å². The number of carbonyl (C=O) groups excluding carboxylic acids is 2. The Morgan fingerprint density at radius 3 is 2.45 bits per heavy atom. The normalized spacial score (nSPS) is 12.1. The lowest BCUT2D eigenvalue weighted by Crippen LogP contribution is -2.08. The van der Waals surface area contributed by atoms with Gasteiger partial charge in [0.1, 0.15) is 0 Å². The van der Waals surface area contributed by atoms with E-state index in [1.54, 1.807) is 48.5 Å². The van der Waals surface area contributed by atoms with Crippen molar-refractivity contribution in [2.75, 3.05) is 11.6 Å². The summed E-state index contributed by atoms with van der Waals surface area (Å²) in [5.41, 5.74) is 1.94. The number of halogens is 1. The molecule has 31 heavy (non-hydrogen) atoms. The topological polar surface area (TPSA) is 88.5 Å². The van der Waals surface area contributed by atoms with E-state index in [2.05, 4.69) is 26.5 Å². The van der Waals surface area contributed by atoms with Crippen LogP contribution in [0, 0.1) is 11.8 Å². The third-order valence-corrected chi connectivity index (χ3v) is 5.92. The summed E-state index contributed by atoms with van der Waals surface area (Å²) in [6, 6.07) is 15.0. The molecule has 2 amide bonds. The molecule has 1 heterocycles. The van der Waals surface area contributed by atoms with Crippen molar-refractivity contribution in [1.82, 2.24) is 4.98 Å². The molecule has 1 unspecified atom stereocenters. The Labute approximate surface area is 185 Å². The Hall–Kier alpha value is -3.47. The number of aromatic nitrogens is 1. The maximum atomic E-state index is 13.1. The van der Waals surface area contributed by atoms with Crippen molar-refractivity contribution in [1.29, 1.82) is 0 Å². The number of carbonyl (C=O) groups is 2. The van der Waals surface area contributed by atoms with E-state index in [4.69, 9.17) is 11.6 Å². The Balaban J connectivity index is 1.87. The first-order valence-electron chi connectivity index (χ1n) is 9.10. The molecule has 6 nitrogen and oxygen atoms in total. The van der Waals surface area contributed by atoms with Crippen molar-refractivity contribution in [2.45, 2.75) is 11.8 Å². The molecule has 2 aromatic carbocycles. The van der Waals surface area contributed by atoms with Gasteiger partial charge in [-0.15, -0.1) is 0 Å². The summed E-state index contributed by atoms with van der Waals surface area (Å²) < 4.78 is 17.0. The lowest BCUT2D eigenvalue weighted by atomic mass is 10.2. The van der Waals surface area contributed by atoms with Gasteiger partial charge < -0.3 is 5.32 Å². The van der Waals surface area contributed by atoms with Gasteiger partial charge in [-0.3, -0.25) is 14.6 Å². The molecule has 0 fully saturated rings. The molecule has 156 valence electrons. The van der Waals surface area contributed by atoms with Gasteiger partial charge in [0.2, 0.25) is 5.91 Å². The van der Waals surface area contributed by atoms with Gasteiger partial charge in [0.25, 0.3) is 5.91 Å². The zero-order valence-corrected chi connectivity index (χ0v) is 18.3. The van der Waals surface area contributed by atoms with Crippen LogP contribution < -0.4 is 5.32 Å². The third kappa shape index (κ3) is 6.25. The molecule has 0 spiro atoms. The smallest absolute Gasteiger partial charge is 0.286 e. The molecule has 0 aliphatic heterocycles. The van der Waals surface area contributed by atoms with E-state index in [1.807, 2.05) is 0 Å². The zero-order valence-electron chi connectivity index (χ0n) is 16.8. The third-order valence-electron chi connectivity index (χ3n) is 4.03. The Bertz CT molecular complexity index is 1330. The number of benzene rings is 2. The molecule has 1 N–H and O–H groups in total. The highest BCUT2D eigenvalue weighted by Crippen LogP contribution is 2.18. The van der Waals surface area contributed by atoms with E-state index in [0.29, 0.717) is 21.2 Å². The average molecular weight is 452 g/mol. The summed E-state index contributed by atoms with van der Waals surface area (Å²) in [5.74, 6) is 4.98. The molecule has 3 rings (SSSR count). The van der Waals surface area contributed by atoms with E-state index in [9.17, 15) is 13.8 Å². The van der Waals surface area contributed by atoms with Gasteiger partial charge >= 0.3 is 0 Å². The van der Waals surface area contributed by atoms with E-state index < -0.39 is 15.6 Å². The summed E-state index contributed by atoms with van der Waals surface area (Å²) in [6.07, 6.45) is 4.25. The van der Waals surface area contributed by atoms with Crippen LogP contribution in [0.4, 0.5) is 5.69 Å². The number of pyridine rings is 1. The van der Waals surface area contributed by atoms with Gasteiger partial charge in [-0.25, -0.2) is 4.21 Å². The molecule has 0 aliphatic carbocycles. The number of nitrogens with zero attached hydrogens (tertiary/aromatic N) is 2. The van der Waals surface area contributed by atoms with Crippen LogP contribution in [0.15, 0.2) is 76.2 Å². The van der Waals surface area contributed by atoms with E-state index in [0.717, 1.165) is 5.56 Å². The summed E-state index contributed by atoms with van der Waals surface area (Å²) in [7, 11) is -3.04. The predicted molar refractivity (Wildman–Crippen MR) is 122 cm³/mol. The molecular weight excluding hydrogens is 434 g/mol. The summed E-state index contributed by atoms with van der Waals surface area (Å²) in [5, 5.41) is 3.23. The van der Waals surface area contributed by atoms with Crippen LogP contribution in [0.2, 0.25) is 5.02 Å². The highest BCUT2D eigenvalue weighted by atomic mass is 35.5. The van der Waals surface area contributed by atoms with Crippen molar-refractivity contribution in [3.05, 3.63) is 88.7 Å². The molecular formula is C23H18ClN3O3S. The van der Waals surface area contributed by atoms with Crippen LogP contribution in [0.25, 0.3) is 0 Å².